The zero-order valence-corrected chi connectivity index (χ0v) is 29.2. The van der Waals surface area contributed by atoms with Gasteiger partial charge in [0.25, 0.3) is 0 Å². The molecule has 258 valence electrons. The molecule has 1 aliphatic heterocycles. The Kier molecular flexibility index (Phi) is 10.2. The normalized spacial score (nSPS) is 18.8. The van der Waals surface area contributed by atoms with Gasteiger partial charge in [-0.05, 0) is 72.6 Å². The van der Waals surface area contributed by atoms with Gasteiger partial charge >= 0.3 is 18.2 Å². The number of rotatable bonds is 5. The Labute approximate surface area is 288 Å². The molecular weight excluding hydrogens is 620 g/mol. The predicted molar refractivity (Wildman–Crippen MR) is 194 cm³/mol. The maximum Gasteiger partial charge on any atom is 0.453 e. The average Bonchev–Trinajstić information content (AvgIpc) is 3.15. The molecular formula is C38H47N6O5+. The van der Waals surface area contributed by atoms with Gasteiger partial charge in [0.05, 0.1) is 11.4 Å². The van der Waals surface area contributed by atoms with Crippen LogP contribution in [0.1, 0.15) is 84.8 Å². The van der Waals surface area contributed by atoms with Crippen molar-refractivity contribution in [1.29, 1.82) is 0 Å². The van der Waals surface area contributed by atoms with Crippen molar-refractivity contribution in [1.82, 2.24) is 4.59 Å². The summed E-state index contributed by atoms with van der Waals surface area (Å²) in [6.07, 6.45) is 3.59. The summed E-state index contributed by atoms with van der Waals surface area (Å²) < 4.78 is 10.6. The van der Waals surface area contributed by atoms with Crippen molar-refractivity contribution in [3.8, 4) is 0 Å². The van der Waals surface area contributed by atoms with Gasteiger partial charge in [0.2, 0.25) is 5.96 Å². The molecule has 1 saturated carbocycles. The third kappa shape index (κ3) is 8.53. The molecule has 2 aliphatic rings. The molecule has 4 amide bonds. The summed E-state index contributed by atoms with van der Waals surface area (Å²) in [6, 6.07) is 24.1. The molecule has 0 spiro atoms. The fraction of sp³-hybridized carbons (Fsp3) is 0.395. The minimum atomic E-state index is -0.951. The molecule has 11 nitrogen and oxygen atoms in total. The molecule has 0 bridgehead atoms. The number of guanidine groups is 1. The van der Waals surface area contributed by atoms with Crippen molar-refractivity contribution in [2.75, 3.05) is 10.2 Å². The number of nitrogens with two attached hydrogens (primary N) is 1. The van der Waals surface area contributed by atoms with Gasteiger partial charge in [-0.1, -0.05) is 77.5 Å². The van der Waals surface area contributed by atoms with E-state index in [-0.39, 0.29) is 24.2 Å². The Hall–Kier alpha value is -5.03. The lowest BCUT2D eigenvalue weighted by atomic mass is 9.83. The SMILES string of the molecule is CC(C)(C)OC(=O)N=C(N)N(C(=O)OC(C)(C)C)c1ccc([N+]2(Cc3ccccc3)N=C(C3CCCCC3)c3ccccc3NC2=O)cc1. The average molecular weight is 668 g/mol. The van der Waals surface area contributed by atoms with E-state index in [1.54, 1.807) is 65.8 Å². The first-order chi connectivity index (χ1) is 23.1. The Morgan fingerprint density at radius 3 is 2.12 bits per heavy atom. The number of carbonyl (C=O) groups excluding carboxylic acids is 3. The van der Waals surface area contributed by atoms with Crippen LogP contribution in [-0.4, -0.2) is 41.1 Å². The number of benzene rings is 3. The van der Waals surface area contributed by atoms with Crippen LogP contribution < -0.4 is 20.5 Å². The second-order valence-corrected chi connectivity index (χ2v) is 14.5. The highest BCUT2D eigenvalue weighted by Crippen LogP contribution is 2.38. The van der Waals surface area contributed by atoms with Crippen molar-refractivity contribution in [2.24, 2.45) is 21.7 Å². The molecule has 49 heavy (non-hydrogen) atoms. The minimum absolute atomic E-state index is 0.196. The Bertz CT molecular complexity index is 1730. The van der Waals surface area contributed by atoms with Crippen LogP contribution in [0.15, 0.2) is 89.0 Å². The van der Waals surface area contributed by atoms with E-state index in [1.165, 1.54) is 6.42 Å². The van der Waals surface area contributed by atoms with Crippen LogP contribution in [0.2, 0.25) is 0 Å². The number of amides is 4. The number of aliphatic imine (C=N–C) groups is 1. The number of urea groups is 1. The fourth-order valence-corrected chi connectivity index (χ4v) is 6.12. The Balaban J connectivity index is 1.64. The van der Waals surface area contributed by atoms with E-state index in [4.69, 9.17) is 20.3 Å². The smallest absolute Gasteiger partial charge is 0.443 e. The van der Waals surface area contributed by atoms with Gasteiger partial charge in [0.15, 0.2) is 5.69 Å². The molecule has 3 aromatic carbocycles. The maximum atomic E-state index is 14.5. The molecule has 1 unspecified atom stereocenters. The maximum absolute atomic E-state index is 14.5. The lowest BCUT2D eigenvalue weighted by Crippen LogP contribution is -2.51. The van der Waals surface area contributed by atoms with Crippen LogP contribution in [0.4, 0.5) is 31.4 Å². The van der Waals surface area contributed by atoms with E-state index in [9.17, 15) is 14.4 Å². The van der Waals surface area contributed by atoms with E-state index in [1.807, 2.05) is 54.6 Å². The quantitative estimate of drug-likeness (QED) is 0.159. The van der Waals surface area contributed by atoms with Crippen LogP contribution in [0.3, 0.4) is 0 Å². The van der Waals surface area contributed by atoms with Gasteiger partial charge in [0, 0.05) is 29.2 Å². The summed E-state index contributed by atoms with van der Waals surface area (Å²) in [4.78, 5) is 45.5. The lowest BCUT2D eigenvalue weighted by Gasteiger charge is -2.31. The molecule has 0 aromatic heterocycles. The second kappa shape index (κ2) is 14.2. The van der Waals surface area contributed by atoms with E-state index in [0.29, 0.717) is 5.69 Å². The molecule has 11 heteroatoms. The standard InChI is InChI=1S/C38H46N6O5/c1-37(2,3)48-35(46)41-33(39)43(36(47)49-38(4,5)6)28-21-23-29(24-22-28)44(25-26-15-9-7-10-16-26)34(45)40-31-20-14-13-19-30(31)32(42-44)27-17-11-8-12-18-27/h7,9-10,13-16,19-24,27H,8,11-12,17-18,25H2,1-6H3,(H2-,39,40,41,42,45,46)/p+1. The first-order valence-electron chi connectivity index (χ1n) is 16.8. The molecule has 1 heterocycles. The summed E-state index contributed by atoms with van der Waals surface area (Å²) in [5, 5.41) is 8.60. The van der Waals surface area contributed by atoms with Gasteiger partial charge in [-0.3, -0.25) is 5.32 Å². The number of nitrogens with zero attached hydrogens (tertiary/aromatic N) is 4. The molecule has 5 rings (SSSR count). The lowest BCUT2D eigenvalue weighted by molar-refractivity contribution is 0.0600. The van der Waals surface area contributed by atoms with E-state index >= 15 is 0 Å². The van der Waals surface area contributed by atoms with Gasteiger partial charge in [-0.25, -0.2) is 19.3 Å². The van der Waals surface area contributed by atoms with E-state index in [0.717, 1.165) is 53.1 Å². The van der Waals surface area contributed by atoms with Crippen molar-refractivity contribution in [3.63, 3.8) is 0 Å². The molecule has 0 radical (unpaired) electrons. The van der Waals surface area contributed by atoms with Crippen molar-refractivity contribution >= 4 is 47.0 Å². The Morgan fingerprint density at radius 1 is 0.878 bits per heavy atom. The van der Waals surface area contributed by atoms with Crippen molar-refractivity contribution in [2.45, 2.75) is 91.4 Å². The van der Waals surface area contributed by atoms with Crippen LogP contribution in [0.5, 0.6) is 0 Å². The topological polar surface area (TPSA) is 136 Å². The molecule has 3 N–H and O–H groups in total. The number of ether oxygens (including phenoxy) is 2. The number of anilines is 2. The zero-order chi connectivity index (χ0) is 35.4. The summed E-state index contributed by atoms with van der Waals surface area (Å²) in [6.45, 7) is 10.5. The Morgan fingerprint density at radius 2 is 1.49 bits per heavy atom. The third-order valence-corrected chi connectivity index (χ3v) is 8.24. The molecule has 0 saturated heterocycles. The summed E-state index contributed by atoms with van der Waals surface area (Å²) in [5.74, 6) is -0.230. The number of carbonyl (C=O) groups is 3. The highest BCUT2D eigenvalue weighted by molar-refractivity contribution is 6.16. The summed E-state index contributed by atoms with van der Waals surface area (Å²) in [5.41, 5.74) is 8.90. The second-order valence-electron chi connectivity index (χ2n) is 14.5. The number of nitrogens with one attached hydrogen (secondary N) is 1. The number of para-hydroxylation sites is 1. The van der Waals surface area contributed by atoms with Crippen molar-refractivity contribution < 1.29 is 23.9 Å². The van der Waals surface area contributed by atoms with Crippen LogP contribution >= 0.6 is 0 Å². The zero-order valence-electron chi connectivity index (χ0n) is 29.2. The van der Waals surface area contributed by atoms with Crippen LogP contribution in [0, 0.1) is 5.92 Å². The predicted octanol–water partition coefficient (Wildman–Crippen LogP) is 8.72. The number of quaternary nitrogens is 1. The van der Waals surface area contributed by atoms with E-state index in [2.05, 4.69) is 10.3 Å². The molecule has 1 fully saturated rings. The monoisotopic (exact) mass is 667 g/mol. The molecule has 1 aliphatic carbocycles. The first-order valence-corrected chi connectivity index (χ1v) is 16.8. The molecule has 1 atom stereocenters. The van der Waals surface area contributed by atoms with Gasteiger partial charge in [-0.15, -0.1) is 4.99 Å². The third-order valence-electron chi connectivity index (χ3n) is 8.24. The molecule has 3 aromatic rings. The van der Waals surface area contributed by atoms with Crippen LogP contribution in [0.25, 0.3) is 0 Å². The van der Waals surface area contributed by atoms with Crippen LogP contribution in [-0.2, 0) is 16.0 Å². The van der Waals surface area contributed by atoms with Gasteiger partial charge in [0.1, 0.15) is 23.5 Å². The number of fused-ring (bicyclic) bond motifs is 1. The highest BCUT2D eigenvalue weighted by atomic mass is 16.6. The summed E-state index contributed by atoms with van der Waals surface area (Å²) in [7, 11) is 0. The highest BCUT2D eigenvalue weighted by Gasteiger charge is 2.45. The number of hydrogen-bond donors (Lipinski definition) is 2. The number of hydrogen-bond acceptors (Lipinski definition) is 6. The van der Waals surface area contributed by atoms with Crippen molar-refractivity contribution in [3.05, 3.63) is 90.0 Å². The van der Waals surface area contributed by atoms with E-state index < -0.39 is 33.9 Å². The largest absolute Gasteiger partial charge is 0.453 e. The first kappa shape index (κ1) is 35.3. The summed E-state index contributed by atoms with van der Waals surface area (Å²) >= 11 is 0. The van der Waals surface area contributed by atoms with Gasteiger partial charge in [-0.2, -0.15) is 0 Å². The van der Waals surface area contributed by atoms with Gasteiger partial charge < -0.3 is 15.2 Å². The minimum Gasteiger partial charge on any atom is -0.443 e. The fourth-order valence-electron chi connectivity index (χ4n) is 6.12.